The van der Waals surface area contributed by atoms with Gasteiger partial charge in [-0.1, -0.05) is 12.1 Å². The fraction of sp³-hybridized carbons (Fsp3) is 0.562. The maximum atomic E-state index is 12.2. The van der Waals surface area contributed by atoms with Gasteiger partial charge in [0.1, 0.15) is 5.75 Å². The second-order valence-corrected chi connectivity index (χ2v) is 6.11. The number of nitrogens with one attached hydrogen (secondary N) is 2. The third kappa shape index (κ3) is 4.32. The quantitative estimate of drug-likeness (QED) is 0.862. The number of rotatable bonds is 5. The van der Waals surface area contributed by atoms with Crippen LogP contribution in [0.2, 0.25) is 0 Å². The van der Waals surface area contributed by atoms with Crippen LogP contribution in [0.5, 0.6) is 5.75 Å². The molecule has 3 rings (SSSR count). The van der Waals surface area contributed by atoms with Gasteiger partial charge in [0.05, 0.1) is 0 Å². The summed E-state index contributed by atoms with van der Waals surface area (Å²) in [5.74, 6) is 0.292. The summed E-state index contributed by atoms with van der Waals surface area (Å²) >= 11 is 0. The lowest BCUT2D eigenvalue weighted by Gasteiger charge is -2.23. The molecule has 1 heterocycles. The molecule has 0 radical (unpaired) electrons. The van der Waals surface area contributed by atoms with Gasteiger partial charge in [0.15, 0.2) is 0 Å². The zero-order chi connectivity index (χ0) is 15.6. The molecule has 1 aliphatic heterocycles. The number of piperidine rings is 1. The third-order valence-electron chi connectivity index (χ3n) is 4.70. The Kier molecular flexibility index (Phi) is 5.81. The number of ether oxygens (including phenoxy) is 1. The molecule has 1 aliphatic carbocycles. The van der Waals surface area contributed by atoms with E-state index in [2.05, 4.69) is 15.4 Å². The van der Waals surface area contributed by atoms with Gasteiger partial charge in [-0.25, -0.2) is 0 Å². The van der Waals surface area contributed by atoms with E-state index >= 15 is 0 Å². The zero-order valence-corrected chi connectivity index (χ0v) is 13.5. The molecule has 1 saturated carbocycles. The SMILES string of the molecule is Cl.O=C(NCc1cccc(OC(F)F)c1)C1CC12CCNCC2. The Labute approximate surface area is 140 Å². The van der Waals surface area contributed by atoms with E-state index in [1.54, 1.807) is 12.1 Å². The lowest BCUT2D eigenvalue weighted by molar-refractivity contribution is -0.123. The molecule has 7 heteroatoms. The Bertz CT molecular complexity index is 551. The van der Waals surface area contributed by atoms with Crippen molar-refractivity contribution in [3.63, 3.8) is 0 Å². The summed E-state index contributed by atoms with van der Waals surface area (Å²) in [6.45, 7) is -0.534. The molecule has 0 bridgehead atoms. The Morgan fingerprint density at radius 2 is 2.13 bits per heavy atom. The summed E-state index contributed by atoms with van der Waals surface area (Å²) in [5, 5.41) is 6.22. The summed E-state index contributed by atoms with van der Waals surface area (Å²) in [6, 6.07) is 6.43. The number of halogens is 3. The number of carbonyl (C=O) groups is 1. The fourth-order valence-electron chi connectivity index (χ4n) is 3.34. The summed E-state index contributed by atoms with van der Waals surface area (Å²) in [4.78, 5) is 12.2. The van der Waals surface area contributed by atoms with Gasteiger partial charge in [-0.2, -0.15) is 8.78 Å². The van der Waals surface area contributed by atoms with Crippen LogP contribution in [-0.4, -0.2) is 25.6 Å². The van der Waals surface area contributed by atoms with Crippen molar-refractivity contribution >= 4 is 18.3 Å². The predicted octanol–water partition coefficient (Wildman–Crippen LogP) is 2.72. The molecule has 1 aromatic rings. The van der Waals surface area contributed by atoms with Gasteiger partial charge in [0.2, 0.25) is 5.91 Å². The fourth-order valence-corrected chi connectivity index (χ4v) is 3.34. The molecule has 2 aliphatic rings. The van der Waals surface area contributed by atoms with Crippen molar-refractivity contribution in [2.75, 3.05) is 13.1 Å². The van der Waals surface area contributed by atoms with E-state index in [-0.39, 0.29) is 35.4 Å². The summed E-state index contributed by atoms with van der Waals surface area (Å²) in [6.07, 6.45) is 3.08. The summed E-state index contributed by atoms with van der Waals surface area (Å²) in [7, 11) is 0. The largest absolute Gasteiger partial charge is 0.435 e. The summed E-state index contributed by atoms with van der Waals surface area (Å²) in [5.41, 5.74) is 0.960. The first-order valence-corrected chi connectivity index (χ1v) is 7.61. The van der Waals surface area contributed by atoms with Gasteiger partial charge in [-0.05, 0) is 55.5 Å². The second kappa shape index (κ2) is 7.45. The van der Waals surface area contributed by atoms with E-state index in [4.69, 9.17) is 0 Å². The first-order valence-electron chi connectivity index (χ1n) is 7.61. The molecule has 4 nitrogen and oxygen atoms in total. The van der Waals surface area contributed by atoms with Gasteiger partial charge in [-0.3, -0.25) is 4.79 Å². The Hall–Kier alpha value is -1.40. The van der Waals surface area contributed by atoms with Gasteiger partial charge in [0, 0.05) is 12.5 Å². The van der Waals surface area contributed by atoms with Crippen LogP contribution in [0.3, 0.4) is 0 Å². The molecule has 2 N–H and O–H groups in total. The molecule has 1 saturated heterocycles. The first-order chi connectivity index (χ1) is 10.6. The van der Waals surface area contributed by atoms with Crippen molar-refractivity contribution < 1.29 is 18.3 Å². The van der Waals surface area contributed by atoms with Crippen LogP contribution < -0.4 is 15.4 Å². The normalized spacial score (nSPS) is 21.6. The minimum Gasteiger partial charge on any atom is -0.435 e. The van der Waals surface area contributed by atoms with Gasteiger partial charge < -0.3 is 15.4 Å². The molecule has 23 heavy (non-hydrogen) atoms. The van der Waals surface area contributed by atoms with Crippen LogP contribution in [-0.2, 0) is 11.3 Å². The van der Waals surface area contributed by atoms with Crippen LogP contribution in [0, 0.1) is 11.3 Å². The smallest absolute Gasteiger partial charge is 0.387 e. The zero-order valence-electron chi connectivity index (χ0n) is 12.7. The van der Waals surface area contributed by atoms with E-state index in [9.17, 15) is 13.6 Å². The molecule has 1 atom stereocenters. The van der Waals surface area contributed by atoms with Crippen molar-refractivity contribution in [2.24, 2.45) is 11.3 Å². The molecular formula is C16H21ClF2N2O2. The molecule has 128 valence electrons. The summed E-state index contributed by atoms with van der Waals surface area (Å²) < 4.78 is 28.7. The van der Waals surface area contributed by atoms with Crippen LogP contribution in [0.15, 0.2) is 24.3 Å². The molecular weight excluding hydrogens is 326 g/mol. The third-order valence-corrected chi connectivity index (χ3v) is 4.70. The van der Waals surface area contributed by atoms with E-state index in [1.807, 2.05) is 0 Å². The predicted molar refractivity (Wildman–Crippen MR) is 84.8 cm³/mol. The maximum Gasteiger partial charge on any atom is 0.387 e. The Morgan fingerprint density at radius 1 is 1.39 bits per heavy atom. The molecule has 0 aromatic heterocycles. The van der Waals surface area contributed by atoms with Crippen LogP contribution in [0.4, 0.5) is 8.78 Å². The van der Waals surface area contributed by atoms with Crippen LogP contribution >= 0.6 is 12.4 Å². The Morgan fingerprint density at radius 3 is 2.83 bits per heavy atom. The van der Waals surface area contributed by atoms with Crippen molar-refractivity contribution in [3.05, 3.63) is 29.8 Å². The molecule has 1 aromatic carbocycles. The highest BCUT2D eigenvalue weighted by Crippen LogP contribution is 2.58. The lowest BCUT2D eigenvalue weighted by Crippen LogP contribution is -2.33. The van der Waals surface area contributed by atoms with Gasteiger partial charge in [-0.15, -0.1) is 12.4 Å². The van der Waals surface area contributed by atoms with Crippen molar-refractivity contribution in [1.82, 2.24) is 10.6 Å². The van der Waals surface area contributed by atoms with Crippen molar-refractivity contribution in [1.29, 1.82) is 0 Å². The maximum absolute atomic E-state index is 12.2. The van der Waals surface area contributed by atoms with Crippen LogP contribution in [0.25, 0.3) is 0 Å². The highest BCUT2D eigenvalue weighted by Gasteiger charge is 2.57. The highest BCUT2D eigenvalue weighted by molar-refractivity contribution is 5.85. The minimum absolute atomic E-state index is 0. The van der Waals surface area contributed by atoms with E-state index in [0.717, 1.165) is 37.9 Å². The van der Waals surface area contributed by atoms with Crippen molar-refractivity contribution in [2.45, 2.75) is 32.4 Å². The van der Waals surface area contributed by atoms with E-state index in [0.29, 0.717) is 6.54 Å². The average molecular weight is 347 g/mol. The number of alkyl halides is 2. The Balaban J connectivity index is 0.00000192. The molecule has 1 amide bonds. The van der Waals surface area contributed by atoms with Gasteiger partial charge >= 0.3 is 6.61 Å². The van der Waals surface area contributed by atoms with Crippen molar-refractivity contribution in [3.8, 4) is 5.75 Å². The minimum atomic E-state index is -2.84. The molecule has 1 spiro atoms. The van der Waals surface area contributed by atoms with Gasteiger partial charge in [0.25, 0.3) is 0 Å². The number of benzene rings is 1. The number of amides is 1. The number of hydrogen-bond donors (Lipinski definition) is 2. The standard InChI is InChI=1S/C16H20F2N2O2.ClH/c17-15(18)22-12-3-1-2-11(8-12)10-20-14(21)13-9-16(13)4-6-19-7-5-16;/h1-3,8,13,15,19H,4-7,9-10H2,(H,20,21);1H. The number of carbonyl (C=O) groups excluding carboxylic acids is 1. The lowest BCUT2D eigenvalue weighted by atomic mass is 9.92. The second-order valence-electron chi connectivity index (χ2n) is 6.11. The average Bonchev–Trinajstić information content (AvgIpc) is 3.18. The van der Waals surface area contributed by atoms with Crippen LogP contribution in [0.1, 0.15) is 24.8 Å². The first kappa shape index (κ1) is 17.9. The monoisotopic (exact) mass is 346 g/mol. The number of hydrogen-bond acceptors (Lipinski definition) is 3. The topological polar surface area (TPSA) is 50.4 Å². The van der Waals surface area contributed by atoms with E-state index in [1.165, 1.54) is 12.1 Å². The highest BCUT2D eigenvalue weighted by atomic mass is 35.5. The van der Waals surface area contributed by atoms with E-state index < -0.39 is 6.61 Å². The molecule has 2 fully saturated rings. The molecule has 1 unspecified atom stereocenters.